The number of alkyl halides is 2. The molecule has 3 nitrogen and oxygen atoms in total. The third-order valence-corrected chi connectivity index (χ3v) is 2.54. The van der Waals surface area contributed by atoms with E-state index in [2.05, 4.69) is 9.97 Å². The molecule has 1 aliphatic heterocycles. The van der Waals surface area contributed by atoms with Gasteiger partial charge in [-0.25, -0.2) is 18.7 Å². The fourth-order valence-electron chi connectivity index (χ4n) is 1.66. The van der Waals surface area contributed by atoms with Crippen LogP contribution >= 0.6 is 11.6 Å². The second-order valence-electron chi connectivity index (χ2n) is 3.58. The Kier molecular flexibility index (Phi) is 2.73. The number of piperidine rings is 1. The van der Waals surface area contributed by atoms with E-state index in [4.69, 9.17) is 11.6 Å². The minimum Gasteiger partial charge on any atom is -0.350 e. The summed E-state index contributed by atoms with van der Waals surface area (Å²) in [6.45, 7) is 0.295. The van der Waals surface area contributed by atoms with E-state index >= 15 is 0 Å². The Balaban J connectivity index is 2.17. The first-order valence-corrected chi connectivity index (χ1v) is 5.05. The van der Waals surface area contributed by atoms with E-state index in [1.54, 1.807) is 0 Å². The summed E-state index contributed by atoms with van der Waals surface area (Å²) in [6, 6.07) is 1.50. The van der Waals surface area contributed by atoms with E-state index in [-0.39, 0.29) is 18.1 Å². The largest absolute Gasteiger partial charge is 0.350 e. The van der Waals surface area contributed by atoms with Gasteiger partial charge in [0, 0.05) is 19.0 Å². The second kappa shape index (κ2) is 3.89. The number of hydrogen-bond acceptors (Lipinski definition) is 3. The van der Waals surface area contributed by atoms with Crippen molar-refractivity contribution in [3.8, 4) is 0 Å². The van der Waals surface area contributed by atoms with E-state index in [9.17, 15) is 8.78 Å². The lowest BCUT2D eigenvalue weighted by Crippen LogP contribution is -2.43. The van der Waals surface area contributed by atoms with E-state index in [1.807, 2.05) is 0 Å². The van der Waals surface area contributed by atoms with Crippen molar-refractivity contribution < 1.29 is 8.78 Å². The summed E-state index contributed by atoms with van der Waals surface area (Å²) in [5.41, 5.74) is 0. The summed E-state index contributed by atoms with van der Waals surface area (Å²) in [5.74, 6) is -2.16. The molecule has 1 aromatic rings. The van der Waals surface area contributed by atoms with Gasteiger partial charge in [-0.15, -0.1) is 0 Å². The lowest BCUT2D eigenvalue weighted by Gasteiger charge is -2.33. The molecule has 1 fully saturated rings. The number of hydrogen-bond donors (Lipinski definition) is 0. The monoisotopic (exact) mass is 233 g/mol. The van der Waals surface area contributed by atoms with Gasteiger partial charge >= 0.3 is 0 Å². The van der Waals surface area contributed by atoms with Gasteiger partial charge in [-0.1, -0.05) is 11.6 Å². The van der Waals surface area contributed by atoms with Gasteiger partial charge in [0.25, 0.3) is 5.92 Å². The lowest BCUT2D eigenvalue weighted by molar-refractivity contribution is -0.0118. The Morgan fingerprint density at radius 1 is 1.40 bits per heavy atom. The van der Waals surface area contributed by atoms with Crippen LogP contribution in [0.4, 0.5) is 14.6 Å². The zero-order chi connectivity index (χ0) is 10.9. The second-order valence-corrected chi connectivity index (χ2v) is 3.97. The Morgan fingerprint density at radius 3 is 2.87 bits per heavy atom. The summed E-state index contributed by atoms with van der Waals surface area (Å²) in [5, 5.41) is 0.272. The van der Waals surface area contributed by atoms with Gasteiger partial charge in [0.05, 0.1) is 6.54 Å². The van der Waals surface area contributed by atoms with Crippen LogP contribution in [0.5, 0.6) is 0 Å². The average Bonchev–Trinajstić information content (AvgIpc) is 2.16. The first kappa shape index (κ1) is 10.5. The van der Waals surface area contributed by atoms with E-state index in [0.29, 0.717) is 18.8 Å². The highest BCUT2D eigenvalue weighted by atomic mass is 35.5. The molecule has 0 radical (unpaired) electrons. The predicted octanol–water partition coefficient (Wildman–Crippen LogP) is 2.37. The van der Waals surface area contributed by atoms with Crippen molar-refractivity contribution in [2.75, 3.05) is 18.0 Å². The van der Waals surface area contributed by atoms with E-state index in [1.165, 1.54) is 17.3 Å². The molecule has 1 aromatic heterocycles. The lowest BCUT2D eigenvalue weighted by atomic mass is 10.1. The summed E-state index contributed by atoms with van der Waals surface area (Å²) < 4.78 is 26.2. The third-order valence-electron chi connectivity index (χ3n) is 2.34. The molecule has 2 rings (SSSR count). The van der Waals surface area contributed by atoms with Crippen LogP contribution in [0, 0.1) is 0 Å². The average molecular weight is 234 g/mol. The zero-order valence-corrected chi connectivity index (χ0v) is 8.71. The van der Waals surface area contributed by atoms with Crippen LogP contribution in [0.1, 0.15) is 12.8 Å². The predicted molar refractivity (Wildman–Crippen MR) is 53.4 cm³/mol. The van der Waals surface area contributed by atoms with Crippen molar-refractivity contribution in [3.63, 3.8) is 0 Å². The van der Waals surface area contributed by atoms with Crippen LogP contribution in [-0.2, 0) is 0 Å². The summed E-state index contributed by atoms with van der Waals surface area (Å²) in [4.78, 5) is 9.18. The van der Waals surface area contributed by atoms with Crippen molar-refractivity contribution in [3.05, 3.63) is 17.5 Å². The molecule has 1 aliphatic rings. The molecular weight excluding hydrogens is 224 g/mol. The molecular formula is C9H10ClF2N3. The van der Waals surface area contributed by atoms with Crippen LogP contribution in [0.15, 0.2) is 12.4 Å². The molecule has 0 spiro atoms. The quantitative estimate of drug-likeness (QED) is 0.698. The highest BCUT2D eigenvalue weighted by Gasteiger charge is 2.35. The van der Waals surface area contributed by atoms with Crippen LogP contribution in [-0.4, -0.2) is 29.0 Å². The van der Waals surface area contributed by atoms with Gasteiger partial charge in [0.1, 0.15) is 17.3 Å². The number of rotatable bonds is 1. The Hall–Kier alpha value is -0.970. The molecule has 2 heterocycles. The van der Waals surface area contributed by atoms with Gasteiger partial charge in [0.2, 0.25) is 0 Å². The van der Waals surface area contributed by atoms with Gasteiger partial charge in [0.15, 0.2) is 0 Å². The third kappa shape index (κ3) is 2.53. The summed E-state index contributed by atoms with van der Waals surface area (Å²) >= 11 is 5.67. The molecule has 6 heteroatoms. The fraction of sp³-hybridized carbons (Fsp3) is 0.556. The van der Waals surface area contributed by atoms with Crippen LogP contribution in [0.3, 0.4) is 0 Å². The number of aromatic nitrogens is 2. The number of halogens is 3. The number of anilines is 1. The summed E-state index contributed by atoms with van der Waals surface area (Å²) in [6.07, 6.45) is 1.70. The first-order valence-electron chi connectivity index (χ1n) is 4.67. The molecule has 0 aliphatic carbocycles. The first-order chi connectivity index (χ1) is 7.07. The normalized spacial score (nSPS) is 20.3. The van der Waals surface area contributed by atoms with Gasteiger partial charge in [-0.2, -0.15) is 0 Å². The highest BCUT2D eigenvalue weighted by molar-refractivity contribution is 6.29. The van der Waals surface area contributed by atoms with Gasteiger partial charge in [-0.05, 0) is 6.42 Å². The van der Waals surface area contributed by atoms with Crippen molar-refractivity contribution >= 4 is 17.4 Å². The Morgan fingerprint density at radius 2 is 2.20 bits per heavy atom. The number of nitrogens with zero attached hydrogens (tertiary/aromatic N) is 3. The molecule has 1 saturated heterocycles. The maximum Gasteiger partial charge on any atom is 0.265 e. The van der Waals surface area contributed by atoms with Crippen LogP contribution < -0.4 is 4.90 Å². The molecule has 82 valence electrons. The molecule has 0 unspecified atom stereocenters. The Bertz CT molecular complexity index is 359. The van der Waals surface area contributed by atoms with Crippen LogP contribution in [0.25, 0.3) is 0 Å². The molecule has 0 N–H and O–H groups in total. The molecule has 0 saturated carbocycles. The zero-order valence-electron chi connectivity index (χ0n) is 7.96. The standard InChI is InChI=1S/C9H10ClF2N3/c10-7-4-8(14-6-13-7)15-3-1-2-9(11,12)5-15/h4,6H,1-3,5H2. The van der Waals surface area contributed by atoms with E-state index < -0.39 is 5.92 Å². The van der Waals surface area contributed by atoms with Gasteiger partial charge in [-0.3, -0.25) is 0 Å². The van der Waals surface area contributed by atoms with Crippen molar-refractivity contribution in [1.82, 2.24) is 9.97 Å². The maximum atomic E-state index is 13.1. The van der Waals surface area contributed by atoms with Crippen molar-refractivity contribution in [2.24, 2.45) is 0 Å². The molecule has 15 heavy (non-hydrogen) atoms. The molecule has 0 atom stereocenters. The van der Waals surface area contributed by atoms with E-state index in [0.717, 1.165) is 0 Å². The summed E-state index contributed by atoms with van der Waals surface area (Å²) in [7, 11) is 0. The SMILES string of the molecule is FC1(F)CCCN(c2cc(Cl)ncn2)C1. The minimum absolute atomic E-state index is 0.0533. The molecule has 0 aromatic carbocycles. The minimum atomic E-state index is -2.63. The fourth-order valence-corrected chi connectivity index (χ4v) is 1.80. The molecule has 0 bridgehead atoms. The van der Waals surface area contributed by atoms with Crippen molar-refractivity contribution in [1.29, 1.82) is 0 Å². The van der Waals surface area contributed by atoms with Crippen molar-refractivity contribution in [2.45, 2.75) is 18.8 Å². The van der Waals surface area contributed by atoms with Crippen LogP contribution in [0.2, 0.25) is 5.15 Å². The smallest absolute Gasteiger partial charge is 0.265 e. The Labute approximate surface area is 91.1 Å². The molecule has 0 amide bonds. The maximum absolute atomic E-state index is 13.1. The highest BCUT2D eigenvalue weighted by Crippen LogP contribution is 2.29. The topological polar surface area (TPSA) is 29.0 Å². The van der Waals surface area contributed by atoms with Gasteiger partial charge < -0.3 is 4.90 Å².